The molecule has 0 aliphatic carbocycles. The highest BCUT2D eigenvalue weighted by molar-refractivity contribution is 4.58. The first-order valence-corrected chi connectivity index (χ1v) is 5.40. The van der Waals surface area contributed by atoms with Gasteiger partial charge in [0.25, 0.3) is 0 Å². The van der Waals surface area contributed by atoms with Crippen LogP contribution in [-0.4, -0.2) is 6.54 Å². The molecule has 0 aromatic rings. The molecular weight excluding hydrogens is 146 g/mol. The zero-order chi connectivity index (χ0) is 9.40. The lowest BCUT2D eigenvalue weighted by atomic mass is 9.97. The normalized spacial score (nSPS) is 13.8. The lowest BCUT2D eigenvalue weighted by Gasteiger charge is -2.11. The average molecular weight is 171 g/mol. The van der Waals surface area contributed by atoms with Crippen LogP contribution >= 0.6 is 0 Å². The van der Waals surface area contributed by atoms with E-state index in [-0.39, 0.29) is 0 Å². The van der Waals surface area contributed by atoms with Crippen molar-refractivity contribution in [3.05, 3.63) is 0 Å². The predicted molar refractivity (Wildman–Crippen MR) is 56.1 cm³/mol. The molecule has 0 aliphatic heterocycles. The second kappa shape index (κ2) is 7.60. The van der Waals surface area contributed by atoms with Crippen LogP contribution in [0.4, 0.5) is 0 Å². The van der Waals surface area contributed by atoms with Gasteiger partial charge in [-0.05, 0) is 24.8 Å². The Morgan fingerprint density at radius 2 is 1.67 bits per heavy atom. The van der Waals surface area contributed by atoms with E-state index in [0.29, 0.717) is 0 Å². The Morgan fingerprint density at radius 1 is 1.08 bits per heavy atom. The van der Waals surface area contributed by atoms with Gasteiger partial charge in [-0.1, -0.05) is 46.5 Å². The molecular formula is C11H25N. The van der Waals surface area contributed by atoms with Crippen molar-refractivity contribution in [1.29, 1.82) is 0 Å². The first-order valence-electron chi connectivity index (χ1n) is 5.40. The summed E-state index contributed by atoms with van der Waals surface area (Å²) in [6, 6.07) is 0. The lowest BCUT2D eigenvalue weighted by molar-refractivity contribution is 0.435. The van der Waals surface area contributed by atoms with Gasteiger partial charge in [-0.3, -0.25) is 0 Å². The van der Waals surface area contributed by atoms with E-state index in [4.69, 9.17) is 5.73 Å². The van der Waals surface area contributed by atoms with Gasteiger partial charge >= 0.3 is 0 Å². The summed E-state index contributed by atoms with van der Waals surface area (Å²) in [5.41, 5.74) is 5.63. The zero-order valence-corrected chi connectivity index (χ0v) is 8.97. The minimum atomic E-state index is 0.775. The van der Waals surface area contributed by atoms with E-state index >= 15 is 0 Å². The molecule has 1 unspecified atom stereocenters. The number of hydrogen-bond donors (Lipinski definition) is 1. The molecule has 0 saturated carbocycles. The van der Waals surface area contributed by atoms with Gasteiger partial charge in [0.15, 0.2) is 0 Å². The molecule has 0 radical (unpaired) electrons. The van der Waals surface area contributed by atoms with E-state index in [2.05, 4.69) is 20.8 Å². The number of nitrogens with two attached hydrogens (primary N) is 1. The van der Waals surface area contributed by atoms with Crippen LogP contribution in [0.25, 0.3) is 0 Å². The molecule has 12 heavy (non-hydrogen) atoms. The fourth-order valence-corrected chi connectivity index (χ4v) is 1.47. The monoisotopic (exact) mass is 171 g/mol. The minimum Gasteiger partial charge on any atom is -0.330 e. The molecule has 0 saturated heterocycles. The summed E-state index contributed by atoms with van der Waals surface area (Å²) in [6.45, 7) is 7.69. The molecule has 74 valence electrons. The Kier molecular flexibility index (Phi) is 7.58. The second-order valence-corrected chi connectivity index (χ2v) is 4.19. The molecule has 0 rings (SSSR count). The van der Waals surface area contributed by atoms with E-state index < -0.39 is 0 Å². The minimum absolute atomic E-state index is 0.775. The van der Waals surface area contributed by atoms with E-state index in [0.717, 1.165) is 18.4 Å². The largest absolute Gasteiger partial charge is 0.330 e. The third kappa shape index (κ3) is 6.66. The highest BCUT2D eigenvalue weighted by Gasteiger charge is 2.02. The number of unbranched alkanes of at least 4 members (excludes halogenated alkanes) is 1. The Bertz CT molecular complexity index is 85.0. The van der Waals surface area contributed by atoms with Crippen molar-refractivity contribution < 1.29 is 0 Å². The molecule has 2 N–H and O–H groups in total. The summed E-state index contributed by atoms with van der Waals surface area (Å²) in [6.07, 6.45) is 6.71. The quantitative estimate of drug-likeness (QED) is 0.585. The van der Waals surface area contributed by atoms with Gasteiger partial charge in [0.1, 0.15) is 0 Å². The van der Waals surface area contributed by atoms with Crippen LogP contribution in [0, 0.1) is 11.8 Å². The Labute approximate surface area is 77.7 Å². The molecule has 0 spiro atoms. The van der Waals surface area contributed by atoms with Crippen LogP contribution in [0.2, 0.25) is 0 Å². The predicted octanol–water partition coefficient (Wildman–Crippen LogP) is 3.19. The van der Waals surface area contributed by atoms with Gasteiger partial charge in [-0.25, -0.2) is 0 Å². The highest BCUT2D eigenvalue weighted by atomic mass is 14.5. The molecule has 0 aliphatic rings. The Morgan fingerprint density at radius 3 is 2.08 bits per heavy atom. The molecule has 0 aromatic heterocycles. The third-order valence-corrected chi connectivity index (χ3v) is 2.55. The Hall–Kier alpha value is -0.0400. The van der Waals surface area contributed by atoms with Crippen molar-refractivity contribution in [2.75, 3.05) is 6.54 Å². The van der Waals surface area contributed by atoms with Gasteiger partial charge in [0, 0.05) is 0 Å². The van der Waals surface area contributed by atoms with Gasteiger partial charge in [0.05, 0.1) is 0 Å². The average Bonchev–Trinajstić information content (AvgIpc) is 2.04. The number of hydrogen-bond acceptors (Lipinski definition) is 1. The second-order valence-electron chi connectivity index (χ2n) is 4.19. The molecule has 1 atom stereocenters. The van der Waals surface area contributed by atoms with Gasteiger partial charge < -0.3 is 5.73 Å². The first kappa shape index (κ1) is 12.0. The maximum atomic E-state index is 5.63. The van der Waals surface area contributed by atoms with Crippen molar-refractivity contribution in [3.63, 3.8) is 0 Å². The summed E-state index contributed by atoms with van der Waals surface area (Å²) >= 11 is 0. The Balaban J connectivity index is 3.17. The lowest BCUT2D eigenvalue weighted by Crippen LogP contribution is -2.13. The molecule has 1 nitrogen and oxygen atoms in total. The van der Waals surface area contributed by atoms with Crippen LogP contribution in [0.5, 0.6) is 0 Å². The third-order valence-electron chi connectivity index (χ3n) is 2.55. The van der Waals surface area contributed by atoms with Crippen molar-refractivity contribution >= 4 is 0 Å². The maximum Gasteiger partial charge on any atom is -0.00490 e. The molecule has 0 bridgehead atoms. The highest BCUT2D eigenvalue weighted by Crippen LogP contribution is 2.14. The SMILES string of the molecule is CCC(CN)CCCCC(C)C. The van der Waals surface area contributed by atoms with E-state index in [1.807, 2.05) is 0 Å². The zero-order valence-electron chi connectivity index (χ0n) is 8.97. The van der Waals surface area contributed by atoms with E-state index in [9.17, 15) is 0 Å². The van der Waals surface area contributed by atoms with E-state index in [1.54, 1.807) is 0 Å². The first-order chi connectivity index (χ1) is 5.70. The van der Waals surface area contributed by atoms with Crippen LogP contribution in [0.15, 0.2) is 0 Å². The smallest absolute Gasteiger partial charge is 0.00490 e. The van der Waals surface area contributed by atoms with Crippen molar-refractivity contribution in [1.82, 2.24) is 0 Å². The molecule has 0 aromatic carbocycles. The van der Waals surface area contributed by atoms with Gasteiger partial charge in [-0.2, -0.15) is 0 Å². The molecule has 0 fully saturated rings. The number of rotatable bonds is 7. The molecule has 0 amide bonds. The van der Waals surface area contributed by atoms with E-state index in [1.165, 1.54) is 32.1 Å². The summed E-state index contributed by atoms with van der Waals surface area (Å²) in [4.78, 5) is 0. The van der Waals surface area contributed by atoms with Gasteiger partial charge in [-0.15, -0.1) is 0 Å². The summed E-state index contributed by atoms with van der Waals surface area (Å²) in [5.74, 6) is 1.64. The fourth-order valence-electron chi connectivity index (χ4n) is 1.47. The maximum absolute atomic E-state index is 5.63. The van der Waals surface area contributed by atoms with Gasteiger partial charge in [0.2, 0.25) is 0 Å². The van der Waals surface area contributed by atoms with Crippen LogP contribution in [0.1, 0.15) is 52.9 Å². The summed E-state index contributed by atoms with van der Waals surface area (Å²) < 4.78 is 0. The van der Waals surface area contributed by atoms with Crippen molar-refractivity contribution in [2.24, 2.45) is 17.6 Å². The van der Waals surface area contributed by atoms with Crippen LogP contribution in [-0.2, 0) is 0 Å². The fraction of sp³-hybridized carbons (Fsp3) is 1.00. The van der Waals surface area contributed by atoms with Crippen molar-refractivity contribution in [3.8, 4) is 0 Å². The topological polar surface area (TPSA) is 26.0 Å². The van der Waals surface area contributed by atoms with Crippen LogP contribution in [0.3, 0.4) is 0 Å². The summed E-state index contributed by atoms with van der Waals surface area (Å²) in [7, 11) is 0. The molecule has 1 heteroatoms. The summed E-state index contributed by atoms with van der Waals surface area (Å²) in [5, 5.41) is 0. The molecule has 0 heterocycles. The van der Waals surface area contributed by atoms with Crippen molar-refractivity contribution in [2.45, 2.75) is 52.9 Å². The standard InChI is InChI=1S/C11H25N/c1-4-11(9-12)8-6-5-7-10(2)3/h10-11H,4-9,12H2,1-3H3. The van der Waals surface area contributed by atoms with Crippen LogP contribution < -0.4 is 5.73 Å².